The van der Waals surface area contributed by atoms with E-state index in [1.165, 1.54) is 16.8 Å². The molecule has 12 heteroatoms. The van der Waals surface area contributed by atoms with Crippen LogP contribution in [0, 0.1) is 0 Å². The van der Waals surface area contributed by atoms with Crippen molar-refractivity contribution in [1.29, 1.82) is 0 Å². The Morgan fingerprint density at radius 3 is 2.88 bits per heavy atom. The number of aromatic nitrogens is 2. The average molecular weight is 413 g/mol. The molecule has 0 aliphatic carbocycles. The van der Waals surface area contributed by atoms with Crippen LogP contribution in [-0.2, 0) is 20.4 Å². The lowest BCUT2D eigenvalue weighted by Crippen LogP contribution is -2.32. The van der Waals surface area contributed by atoms with E-state index in [-0.39, 0.29) is 19.0 Å². The topological polar surface area (TPSA) is 137 Å². The van der Waals surface area contributed by atoms with E-state index in [1.807, 2.05) is 6.26 Å². The Morgan fingerprint density at radius 2 is 2.24 bits per heavy atom. The van der Waals surface area contributed by atoms with Gasteiger partial charge in [-0.15, -0.1) is 0 Å². The Morgan fingerprint density at radius 1 is 1.48 bits per heavy atom. The van der Waals surface area contributed by atoms with Gasteiger partial charge >= 0.3 is 13.3 Å². The van der Waals surface area contributed by atoms with Gasteiger partial charge < -0.3 is 25.0 Å². The molecular formula is C13H24N3O6PS2. The summed E-state index contributed by atoms with van der Waals surface area (Å²) in [5.41, 5.74) is 4.81. The lowest BCUT2D eigenvalue weighted by Gasteiger charge is -2.19. The number of nitrogens with zero attached hydrogens (tertiary/aromatic N) is 2. The highest BCUT2D eigenvalue weighted by molar-refractivity contribution is 8.76. The van der Waals surface area contributed by atoms with Crippen molar-refractivity contribution >= 4 is 35.0 Å². The minimum atomic E-state index is -3.91. The second-order valence-electron chi connectivity index (χ2n) is 5.05. The summed E-state index contributed by atoms with van der Waals surface area (Å²) in [5, 5.41) is 9.32. The number of anilines is 1. The number of aliphatic hydroxyl groups is 1. The molecule has 0 aliphatic heterocycles. The lowest BCUT2D eigenvalue weighted by atomic mass is 10.3. The molecule has 144 valence electrons. The molecule has 1 aromatic heterocycles. The highest BCUT2D eigenvalue weighted by Gasteiger charge is 2.22. The minimum Gasteiger partial charge on any atom is -0.394 e. The second-order valence-corrected chi connectivity index (χ2v) is 9.53. The normalized spacial score (nSPS) is 15.0. The standard InChI is InChI=1S/C13H24N3O6PS2/c1-24-25-7-3-2-6-22-23(19,20)10-21-11(9-17)8-16-5-4-12(14)15-13(16)18/h4-5,11,17H,2-3,6-10H2,1H3,(H,19,20)(H2,14,15,18). The summed E-state index contributed by atoms with van der Waals surface area (Å²) in [4.78, 5) is 24.9. The molecule has 9 nitrogen and oxygen atoms in total. The number of nitrogens with two attached hydrogens (primary N) is 1. The van der Waals surface area contributed by atoms with Crippen molar-refractivity contribution in [1.82, 2.24) is 9.55 Å². The first-order valence-electron chi connectivity index (χ1n) is 7.55. The molecule has 0 saturated carbocycles. The average Bonchev–Trinajstić information content (AvgIpc) is 2.56. The Balaban J connectivity index is 2.39. The number of rotatable bonds is 13. The molecule has 0 radical (unpaired) electrons. The number of unbranched alkanes of at least 4 members (excludes halogenated alkanes) is 1. The fourth-order valence-corrected chi connectivity index (χ4v) is 3.98. The fraction of sp³-hybridized carbons (Fsp3) is 0.692. The fourth-order valence-electron chi connectivity index (χ4n) is 1.75. The van der Waals surface area contributed by atoms with Crippen molar-refractivity contribution in [2.45, 2.75) is 25.5 Å². The summed E-state index contributed by atoms with van der Waals surface area (Å²) in [7, 11) is -0.512. The Kier molecular flexibility index (Phi) is 10.7. The van der Waals surface area contributed by atoms with Crippen LogP contribution in [0.25, 0.3) is 0 Å². The van der Waals surface area contributed by atoms with Crippen LogP contribution in [0.2, 0.25) is 0 Å². The SMILES string of the molecule is CSSCCCCOP(=O)(O)COC(CO)Cn1ccc(N)nc1=O. The molecule has 4 N–H and O–H groups in total. The van der Waals surface area contributed by atoms with Gasteiger partial charge in [-0.25, -0.2) is 4.79 Å². The van der Waals surface area contributed by atoms with Gasteiger partial charge in [0, 0.05) is 11.9 Å². The van der Waals surface area contributed by atoms with Crippen LogP contribution >= 0.6 is 29.2 Å². The maximum Gasteiger partial charge on any atom is 0.353 e. The Bertz CT molecular complexity index is 618. The Labute approximate surface area is 154 Å². The van der Waals surface area contributed by atoms with Gasteiger partial charge in [0.05, 0.1) is 25.9 Å². The summed E-state index contributed by atoms with van der Waals surface area (Å²) in [5.74, 6) is 1.04. The van der Waals surface area contributed by atoms with Crippen LogP contribution in [0.4, 0.5) is 5.82 Å². The van der Waals surface area contributed by atoms with Crippen LogP contribution in [0.3, 0.4) is 0 Å². The first kappa shape index (κ1) is 22.5. The molecule has 0 aliphatic rings. The molecule has 0 amide bonds. The van der Waals surface area contributed by atoms with Gasteiger partial charge in [-0.05, 0) is 25.2 Å². The zero-order valence-electron chi connectivity index (χ0n) is 13.9. The van der Waals surface area contributed by atoms with Crippen molar-refractivity contribution in [2.75, 3.05) is 37.3 Å². The van der Waals surface area contributed by atoms with Gasteiger partial charge in [0.1, 0.15) is 12.2 Å². The van der Waals surface area contributed by atoms with Crippen LogP contribution in [-0.4, -0.2) is 57.2 Å². The molecular weight excluding hydrogens is 389 g/mol. The predicted molar refractivity (Wildman–Crippen MR) is 101 cm³/mol. The highest BCUT2D eigenvalue weighted by atomic mass is 33.1. The van der Waals surface area contributed by atoms with Crippen LogP contribution in [0.1, 0.15) is 12.8 Å². The number of hydrogen-bond acceptors (Lipinski definition) is 9. The highest BCUT2D eigenvalue weighted by Crippen LogP contribution is 2.42. The molecule has 0 aromatic carbocycles. The van der Waals surface area contributed by atoms with Crippen LogP contribution in [0.15, 0.2) is 17.1 Å². The zero-order chi connectivity index (χ0) is 18.7. The third kappa shape index (κ3) is 9.64. The second kappa shape index (κ2) is 11.9. The monoisotopic (exact) mass is 413 g/mol. The maximum absolute atomic E-state index is 11.9. The van der Waals surface area contributed by atoms with E-state index in [2.05, 4.69) is 4.98 Å². The number of hydrogen-bond donors (Lipinski definition) is 3. The number of nitrogen functional groups attached to an aromatic ring is 1. The molecule has 0 bridgehead atoms. The molecule has 2 atom stereocenters. The summed E-state index contributed by atoms with van der Waals surface area (Å²) in [6.45, 7) is -0.283. The third-order valence-electron chi connectivity index (χ3n) is 3.01. The predicted octanol–water partition coefficient (Wildman–Crippen LogP) is 1.15. The van der Waals surface area contributed by atoms with Gasteiger partial charge in [-0.2, -0.15) is 4.98 Å². The summed E-state index contributed by atoms with van der Waals surface area (Å²) in [6.07, 6.45) is 3.57. The molecule has 1 heterocycles. The molecule has 1 aromatic rings. The molecule has 25 heavy (non-hydrogen) atoms. The summed E-state index contributed by atoms with van der Waals surface area (Å²) in [6, 6.07) is 1.44. The van der Waals surface area contributed by atoms with Crippen molar-refractivity contribution in [3.8, 4) is 0 Å². The quantitative estimate of drug-likeness (QED) is 0.245. The van der Waals surface area contributed by atoms with E-state index in [0.29, 0.717) is 6.42 Å². The zero-order valence-corrected chi connectivity index (χ0v) is 16.5. The molecule has 0 saturated heterocycles. The molecule has 0 fully saturated rings. The number of ether oxygens (including phenoxy) is 1. The first-order valence-corrected chi connectivity index (χ1v) is 12.0. The summed E-state index contributed by atoms with van der Waals surface area (Å²) >= 11 is 0. The van der Waals surface area contributed by atoms with Gasteiger partial charge in [-0.1, -0.05) is 21.6 Å². The molecule has 1 rings (SSSR count). The summed E-state index contributed by atoms with van der Waals surface area (Å²) < 4.78 is 23.3. The van der Waals surface area contributed by atoms with Gasteiger partial charge in [0.25, 0.3) is 0 Å². The Hall–Kier alpha value is -0.550. The first-order chi connectivity index (χ1) is 11.9. The molecule has 0 spiro atoms. The van der Waals surface area contributed by atoms with Gasteiger partial charge in [0.15, 0.2) is 0 Å². The number of aliphatic hydroxyl groups excluding tert-OH is 1. The van der Waals surface area contributed by atoms with E-state index in [0.717, 1.165) is 12.2 Å². The maximum atomic E-state index is 11.9. The van der Waals surface area contributed by atoms with Gasteiger partial charge in [-0.3, -0.25) is 9.13 Å². The molecule has 2 unspecified atom stereocenters. The van der Waals surface area contributed by atoms with E-state index in [4.69, 9.17) is 15.0 Å². The van der Waals surface area contributed by atoms with E-state index in [1.54, 1.807) is 21.6 Å². The van der Waals surface area contributed by atoms with Gasteiger partial charge in [0.2, 0.25) is 0 Å². The van der Waals surface area contributed by atoms with Crippen molar-refractivity contribution in [3.05, 3.63) is 22.7 Å². The third-order valence-corrected chi connectivity index (χ3v) is 5.97. The van der Waals surface area contributed by atoms with E-state index >= 15 is 0 Å². The lowest BCUT2D eigenvalue weighted by molar-refractivity contribution is 0.0167. The minimum absolute atomic E-state index is 0.0193. The van der Waals surface area contributed by atoms with Crippen molar-refractivity contribution in [2.24, 2.45) is 0 Å². The largest absolute Gasteiger partial charge is 0.394 e. The van der Waals surface area contributed by atoms with E-state index < -0.39 is 32.3 Å². The van der Waals surface area contributed by atoms with Crippen LogP contribution in [0.5, 0.6) is 0 Å². The van der Waals surface area contributed by atoms with E-state index in [9.17, 15) is 19.4 Å². The van der Waals surface area contributed by atoms with Crippen molar-refractivity contribution in [3.63, 3.8) is 0 Å². The van der Waals surface area contributed by atoms with Crippen molar-refractivity contribution < 1.29 is 23.8 Å². The van der Waals surface area contributed by atoms with Crippen LogP contribution < -0.4 is 11.4 Å². The smallest absolute Gasteiger partial charge is 0.353 e.